The molecule has 0 aromatic carbocycles. The highest BCUT2D eigenvalue weighted by Crippen LogP contribution is 2.16. The smallest absolute Gasteiger partial charge is 0.268 e. The third-order valence-electron chi connectivity index (χ3n) is 1.05. The topological polar surface area (TPSA) is 56.0 Å². The maximum atomic E-state index is 10.6. The lowest BCUT2D eigenvalue weighted by molar-refractivity contribution is 0.0995. The Morgan fingerprint density at radius 1 is 1.64 bits per heavy atom. The number of halogens is 2. The largest absolute Gasteiger partial charge is 0.364 e. The zero-order valence-electron chi connectivity index (χ0n) is 5.34. The predicted molar refractivity (Wildman–Crippen MR) is 45.5 cm³/mol. The molecule has 58 valence electrons. The molecule has 0 unspecified atom stereocenters. The average molecular weight is 235 g/mol. The standard InChI is InChI=1S/C6H4BrClN2O/c7-4-2-1-3(8)5(10-4)6(9)11/h1-2H,(H2,9,11). The van der Waals surface area contributed by atoms with Crippen LogP contribution in [0.15, 0.2) is 16.7 Å². The lowest BCUT2D eigenvalue weighted by atomic mass is 10.3. The molecule has 1 aromatic heterocycles. The number of nitrogens with two attached hydrogens (primary N) is 1. The number of amides is 1. The van der Waals surface area contributed by atoms with Gasteiger partial charge in [-0.05, 0) is 28.1 Å². The number of carbonyl (C=O) groups excluding carboxylic acids is 1. The predicted octanol–water partition coefficient (Wildman–Crippen LogP) is 1.60. The van der Waals surface area contributed by atoms with Gasteiger partial charge in [0.05, 0.1) is 5.02 Å². The van der Waals surface area contributed by atoms with E-state index in [9.17, 15) is 4.79 Å². The van der Waals surface area contributed by atoms with Gasteiger partial charge < -0.3 is 5.73 Å². The van der Waals surface area contributed by atoms with Crippen molar-refractivity contribution in [3.63, 3.8) is 0 Å². The fourth-order valence-electron chi connectivity index (χ4n) is 0.591. The molecule has 0 saturated carbocycles. The zero-order chi connectivity index (χ0) is 8.43. The van der Waals surface area contributed by atoms with E-state index in [1.807, 2.05) is 0 Å². The molecular weight excluding hydrogens is 231 g/mol. The van der Waals surface area contributed by atoms with Gasteiger partial charge in [0, 0.05) is 0 Å². The third-order valence-corrected chi connectivity index (χ3v) is 1.79. The molecule has 0 radical (unpaired) electrons. The Labute approximate surface area is 76.7 Å². The summed E-state index contributed by atoms with van der Waals surface area (Å²) in [5.74, 6) is -0.628. The SMILES string of the molecule is NC(=O)c1nc(Br)ccc1Cl. The number of rotatable bonds is 1. The molecule has 1 rings (SSSR count). The van der Waals surface area contributed by atoms with Crippen molar-refractivity contribution in [3.05, 3.63) is 27.5 Å². The molecule has 0 atom stereocenters. The van der Waals surface area contributed by atoms with Crippen molar-refractivity contribution >= 4 is 33.4 Å². The van der Waals surface area contributed by atoms with E-state index in [0.29, 0.717) is 4.60 Å². The highest BCUT2D eigenvalue weighted by Gasteiger charge is 2.07. The van der Waals surface area contributed by atoms with E-state index in [1.165, 1.54) is 0 Å². The molecular formula is C6H4BrClN2O. The number of pyridine rings is 1. The van der Waals surface area contributed by atoms with E-state index in [0.717, 1.165) is 0 Å². The van der Waals surface area contributed by atoms with Gasteiger partial charge in [0.1, 0.15) is 10.3 Å². The molecule has 0 spiro atoms. The molecule has 0 saturated heterocycles. The molecule has 1 aromatic rings. The van der Waals surface area contributed by atoms with Gasteiger partial charge in [0.25, 0.3) is 5.91 Å². The van der Waals surface area contributed by atoms with Crippen LogP contribution in [-0.2, 0) is 0 Å². The average Bonchev–Trinajstić information content (AvgIpc) is 1.94. The normalized spacial score (nSPS) is 9.64. The number of nitrogens with zero attached hydrogens (tertiary/aromatic N) is 1. The summed E-state index contributed by atoms with van der Waals surface area (Å²) in [5.41, 5.74) is 5.06. The van der Waals surface area contributed by atoms with Crippen LogP contribution in [0, 0.1) is 0 Å². The number of hydrogen-bond acceptors (Lipinski definition) is 2. The van der Waals surface area contributed by atoms with E-state index in [2.05, 4.69) is 20.9 Å². The van der Waals surface area contributed by atoms with Crippen LogP contribution >= 0.6 is 27.5 Å². The summed E-state index contributed by atoms with van der Waals surface area (Å²) in [5, 5.41) is 0.265. The second-order valence-electron chi connectivity index (χ2n) is 1.83. The van der Waals surface area contributed by atoms with Gasteiger partial charge in [0.15, 0.2) is 0 Å². The molecule has 1 heterocycles. The summed E-state index contributed by atoms with van der Waals surface area (Å²) in [6.45, 7) is 0. The van der Waals surface area contributed by atoms with Gasteiger partial charge in [-0.15, -0.1) is 0 Å². The zero-order valence-corrected chi connectivity index (χ0v) is 7.69. The summed E-state index contributed by atoms with van der Waals surface area (Å²) in [6, 6.07) is 3.19. The summed E-state index contributed by atoms with van der Waals surface area (Å²) in [7, 11) is 0. The molecule has 0 aliphatic rings. The van der Waals surface area contributed by atoms with Crippen LogP contribution in [-0.4, -0.2) is 10.9 Å². The monoisotopic (exact) mass is 234 g/mol. The van der Waals surface area contributed by atoms with Gasteiger partial charge in [-0.25, -0.2) is 4.98 Å². The van der Waals surface area contributed by atoms with Crippen molar-refractivity contribution in [1.29, 1.82) is 0 Å². The first-order chi connectivity index (χ1) is 5.11. The summed E-state index contributed by atoms with van der Waals surface area (Å²) in [4.78, 5) is 14.4. The Hall–Kier alpha value is -0.610. The van der Waals surface area contributed by atoms with Gasteiger partial charge in [-0.2, -0.15) is 0 Å². The first-order valence-corrected chi connectivity index (χ1v) is 3.90. The van der Waals surface area contributed by atoms with Crippen LogP contribution in [0.1, 0.15) is 10.5 Å². The fraction of sp³-hybridized carbons (Fsp3) is 0. The van der Waals surface area contributed by atoms with E-state index in [1.54, 1.807) is 12.1 Å². The van der Waals surface area contributed by atoms with Crippen LogP contribution in [0.25, 0.3) is 0 Å². The molecule has 0 aliphatic heterocycles. The third kappa shape index (κ3) is 1.91. The molecule has 5 heteroatoms. The maximum Gasteiger partial charge on any atom is 0.268 e. The van der Waals surface area contributed by atoms with Crippen molar-refractivity contribution in [2.24, 2.45) is 5.73 Å². The molecule has 0 bridgehead atoms. The van der Waals surface area contributed by atoms with Crippen LogP contribution in [0.2, 0.25) is 5.02 Å². The number of aromatic nitrogens is 1. The molecule has 0 fully saturated rings. The van der Waals surface area contributed by atoms with E-state index in [4.69, 9.17) is 17.3 Å². The minimum atomic E-state index is -0.628. The van der Waals surface area contributed by atoms with Crippen molar-refractivity contribution in [1.82, 2.24) is 4.98 Å². The Kier molecular flexibility index (Phi) is 2.46. The van der Waals surface area contributed by atoms with Crippen LogP contribution in [0.4, 0.5) is 0 Å². The maximum absolute atomic E-state index is 10.6. The Morgan fingerprint density at radius 2 is 2.27 bits per heavy atom. The highest BCUT2D eigenvalue weighted by molar-refractivity contribution is 9.10. The summed E-state index contributed by atoms with van der Waals surface area (Å²) >= 11 is 8.69. The minimum Gasteiger partial charge on any atom is -0.364 e. The minimum absolute atomic E-state index is 0.0843. The Morgan fingerprint density at radius 3 is 2.73 bits per heavy atom. The summed E-state index contributed by atoms with van der Waals surface area (Å²) in [6.07, 6.45) is 0. The number of carbonyl (C=O) groups is 1. The van der Waals surface area contributed by atoms with Crippen molar-refractivity contribution in [3.8, 4) is 0 Å². The van der Waals surface area contributed by atoms with E-state index < -0.39 is 5.91 Å². The van der Waals surface area contributed by atoms with Gasteiger partial charge in [0.2, 0.25) is 0 Å². The Bertz CT molecular complexity index is 303. The van der Waals surface area contributed by atoms with Gasteiger partial charge >= 0.3 is 0 Å². The lowest BCUT2D eigenvalue weighted by Crippen LogP contribution is -2.13. The molecule has 11 heavy (non-hydrogen) atoms. The van der Waals surface area contributed by atoms with Crippen molar-refractivity contribution in [2.75, 3.05) is 0 Å². The second kappa shape index (κ2) is 3.19. The van der Waals surface area contributed by atoms with Crippen molar-refractivity contribution in [2.45, 2.75) is 0 Å². The molecule has 2 N–H and O–H groups in total. The first kappa shape index (κ1) is 8.49. The van der Waals surface area contributed by atoms with E-state index in [-0.39, 0.29) is 10.7 Å². The van der Waals surface area contributed by atoms with Crippen LogP contribution in [0.3, 0.4) is 0 Å². The van der Waals surface area contributed by atoms with Crippen LogP contribution in [0.5, 0.6) is 0 Å². The lowest BCUT2D eigenvalue weighted by Gasteiger charge is -1.97. The molecule has 3 nitrogen and oxygen atoms in total. The number of primary amides is 1. The fourth-order valence-corrected chi connectivity index (χ4v) is 1.10. The first-order valence-electron chi connectivity index (χ1n) is 2.73. The molecule has 0 aliphatic carbocycles. The second-order valence-corrected chi connectivity index (χ2v) is 3.05. The number of hydrogen-bond donors (Lipinski definition) is 1. The molecule has 1 amide bonds. The summed E-state index contributed by atoms with van der Waals surface area (Å²) < 4.78 is 0.538. The van der Waals surface area contributed by atoms with Crippen LogP contribution < -0.4 is 5.73 Å². The van der Waals surface area contributed by atoms with E-state index >= 15 is 0 Å². The highest BCUT2D eigenvalue weighted by atomic mass is 79.9. The Balaban J connectivity index is 3.23. The quantitative estimate of drug-likeness (QED) is 0.752. The van der Waals surface area contributed by atoms with Crippen molar-refractivity contribution < 1.29 is 4.79 Å². The van der Waals surface area contributed by atoms with Gasteiger partial charge in [-0.1, -0.05) is 11.6 Å². The van der Waals surface area contributed by atoms with Gasteiger partial charge in [-0.3, -0.25) is 4.79 Å².